The molecule has 14 heavy (non-hydrogen) atoms. The van der Waals surface area contributed by atoms with Crippen molar-refractivity contribution < 1.29 is 0 Å². The molecule has 1 aliphatic heterocycles. The van der Waals surface area contributed by atoms with E-state index in [1.807, 2.05) is 11.3 Å². The van der Waals surface area contributed by atoms with Crippen LogP contribution >= 0.6 is 11.3 Å². The van der Waals surface area contributed by atoms with Crippen molar-refractivity contribution in [2.75, 3.05) is 6.54 Å². The monoisotopic (exact) mass is 207 g/mol. The first kappa shape index (κ1) is 9.94. The zero-order valence-electron chi connectivity index (χ0n) is 8.62. The average Bonchev–Trinajstić information content (AvgIpc) is 2.63. The summed E-state index contributed by atoms with van der Waals surface area (Å²) in [7, 11) is 0. The van der Waals surface area contributed by atoms with Gasteiger partial charge in [-0.3, -0.25) is 0 Å². The van der Waals surface area contributed by atoms with Gasteiger partial charge in [-0.2, -0.15) is 0 Å². The fourth-order valence-electron chi connectivity index (χ4n) is 1.80. The third-order valence-electron chi connectivity index (χ3n) is 2.60. The Morgan fingerprint density at radius 1 is 1.43 bits per heavy atom. The molecule has 0 aromatic carbocycles. The van der Waals surface area contributed by atoms with Crippen LogP contribution < -0.4 is 5.32 Å². The molecule has 0 aliphatic carbocycles. The molecule has 0 radical (unpaired) electrons. The molecule has 0 saturated carbocycles. The fraction of sp³-hybridized carbons (Fsp3) is 0.500. The molecule has 2 heteroatoms. The van der Waals surface area contributed by atoms with Gasteiger partial charge in [-0.05, 0) is 44.5 Å². The molecule has 1 saturated heterocycles. The van der Waals surface area contributed by atoms with E-state index >= 15 is 0 Å². The van der Waals surface area contributed by atoms with Crippen LogP contribution in [0.15, 0.2) is 18.2 Å². The van der Waals surface area contributed by atoms with Gasteiger partial charge in [0.05, 0.1) is 0 Å². The van der Waals surface area contributed by atoms with Crippen LogP contribution in [-0.2, 0) is 0 Å². The normalized spacial score (nSPS) is 23.1. The highest BCUT2D eigenvalue weighted by Crippen LogP contribution is 2.17. The lowest BCUT2D eigenvalue weighted by Gasteiger charge is -2.19. The van der Waals surface area contributed by atoms with E-state index in [0.29, 0.717) is 6.04 Å². The Morgan fingerprint density at radius 2 is 2.36 bits per heavy atom. The van der Waals surface area contributed by atoms with E-state index in [-0.39, 0.29) is 0 Å². The van der Waals surface area contributed by atoms with Crippen LogP contribution in [0.3, 0.4) is 0 Å². The van der Waals surface area contributed by atoms with Crippen molar-refractivity contribution >= 4 is 17.4 Å². The summed E-state index contributed by atoms with van der Waals surface area (Å²) in [6.45, 7) is 3.33. The topological polar surface area (TPSA) is 12.0 Å². The van der Waals surface area contributed by atoms with Crippen molar-refractivity contribution in [1.29, 1.82) is 0 Å². The Balaban J connectivity index is 1.92. The van der Waals surface area contributed by atoms with Crippen LogP contribution in [0.1, 0.15) is 29.0 Å². The Morgan fingerprint density at radius 3 is 3.00 bits per heavy atom. The molecule has 1 N–H and O–H groups in total. The second-order valence-corrected chi connectivity index (χ2v) is 5.18. The second-order valence-electron chi connectivity index (χ2n) is 3.86. The molecular weight excluding hydrogens is 190 g/mol. The van der Waals surface area contributed by atoms with Crippen LogP contribution in [0, 0.1) is 6.92 Å². The zero-order valence-corrected chi connectivity index (χ0v) is 9.44. The van der Waals surface area contributed by atoms with Crippen LogP contribution in [-0.4, -0.2) is 12.6 Å². The highest BCUT2D eigenvalue weighted by atomic mass is 32.1. The van der Waals surface area contributed by atoms with Gasteiger partial charge in [0.2, 0.25) is 0 Å². The predicted molar refractivity (Wildman–Crippen MR) is 63.7 cm³/mol. The van der Waals surface area contributed by atoms with E-state index in [0.717, 1.165) is 0 Å². The van der Waals surface area contributed by atoms with Crippen molar-refractivity contribution in [2.45, 2.75) is 32.2 Å². The van der Waals surface area contributed by atoms with E-state index in [4.69, 9.17) is 0 Å². The largest absolute Gasteiger partial charge is 0.311 e. The Kier molecular flexibility index (Phi) is 3.38. The molecule has 1 aromatic rings. The van der Waals surface area contributed by atoms with Gasteiger partial charge in [-0.25, -0.2) is 0 Å². The molecule has 2 rings (SSSR count). The maximum absolute atomic E-state index is 3.51. The summed E-state index contributed by atoms with van der Waals surface area (Å²) in [6, 6.07) is 4.98. The van der Waals surface area contributed by atoms with E-state index in [1.165, 1.54) is 35.6 Å². The standard InChI is InChI=1S/C12H17NS/c1-10-5-7-12(14-10)8-6-11-4-2-3-9-13-11/h5-8,11,13H,2-4,9H2,1H3/b8-6+. The van der Waals surface area contributed by atoms with E-state index in [2.05, 4.69) is 36.5 Å². The minimum absolute atomic E-state index is 0.603. The van der Waals surface area contributed by atoms with Gasteiger partial charge in [-0.15, -0.1) is 11.3 Å². The summed E-state index contributed by atoms with van der Waals surface area (Å²) in [5.41, 5.74) is 0. The quantitative estimate of drug-likeness (QED) is 0.785. The Bertz CT molecular complexity index is 308. The first-order valence-electron chi connectivity index (χ1n) is 5.32. The molecule has 1 aromatic heterocycles. The number of hydrogen-bond acceptors (Lipinski definition) is 2. The maximum Gasteiger partial charge on any atom is 0.0270 e. The summed E-state index contributed by atoms with van der Waals surface area (Å²) in [6.07, 6.45) is 8.56. The van der Waals surface area contributed by atoms with E-state index in [1.54, 1.807) is 0 Å². The van der Waals surface area contributed by atoms with Gasteiger partial charge in [-0.1, -0.05) is 12.5 Å². The highest BCUT2D eigenvalue weighted by molar-refractivity contribution is 7.12. The van der Waals surface area contributed by atoms with Gasteiger partial charge < -0.3 is 5.32 Å². The zero-order chi connectivity index (χ0) is 9.80. The number of hydrogen-bond donors (Lipinski definition) is 1. The van der Waals surface area contributed by atoms with E-state index < -0.39 is 0 Å². The average molecular weight is 207 g/mol. The number of rotatable bonds is 2. The molecule has 1 atom stereocenters. The molecule has 1 fully saturated rings. The third-order valence-corrected chi connectivity index (χ3v) is 3.57. The van der Waals surface area contributed by atoms with Crippen LogP contribution in [0.5, 0.6) is 0 Å². The van der Waals surface area contributed by atoms with E-state index in [9.17, 15) is 0 Å². The van der Waals surface area contributed by atoms with Crippen LogP contribution in [0.2, 0.25) is 0 Å². The molecule has 1 aliphatic rings. The van der Waals surface area contributed by atoms with Gasteiger partial charge in [0.1, 0.15) is 0 Å². The minimum Gasteiger partial charge on any atom is -0.311 e. The summed E-state index contributed by atoms with van der Waals surface area (Å²) in [4.78, 5) is 2.76. The lowest BCUT2D eigenvalue weighted by molar-refractivity contribution is 0.455. The molecular formula is C12H17NS. The van der Waals surface area contributed by atoms with Crippen molar-refractivity contribution in [1.82, 2.24) is 5.32 Å². The number of aryl methyl sites for hydroxylation is 1. The van der Waals surface area contributed by atoms with Crippen LogP contribution in [0.25, 0.3) is 6.08 Å². The summed E-state index contributed by atoms with van der Waals surface area (Å²) >= 11 is 1.86. The van der Waals surface area contributed by atoms with Gasteiger partial charge in [0.15, 0.2) is 0 Å². The number of nitrogens with one attached hydrogen (secondary N) is 1. The number of piperidine rings is 1. The molecule has 1 unspecified atom stereocenters. The molecule has 1 nitrogen and oxygen atoms in total. The maximum atomic E-state index is 3.51. The minimum atomic E-state index is 0.603. The smallest absolute Gasteiger partial charge is 0.0270 e. The lowest BCUT2D eigenvalue weighted by atomic mass is 10.0. The molecule has 0 amide bonds. The van der Waals surface area contributed by atoms with Crippen LogP contribution in [0.4, 0.5) is 0 Å². The predicted octanol–water partition coefficient (Wildman–Crippen LogP) is 3.21. The SMILES string of the molecule is Cc1ccc(/C=C/C2CCCCN2)s1. The van der Waals surface area contributed by atoms with Crippen molar-refractivity contribution in [3.63, 3.8) is 0 Å². The number of thiophene rings is 1. The van der Waals surface area contributed by atoms with Crippen molar-refractivity contribution in [3.05, 3.63) is 28.0 Å². The second kappa shape index (κ2) is 4.76. The molecule has 0 bridgehead atoms. The summed E-state index contributed by atoms with van der Waals surface area (Å²) in [5.74, 6) is 0. The first-order chi connectivity index (χ1) is 6.84. The van der Waals surface area contributed by atoms with Gasteiger partial charge in [0.25, 0.3) is 0 Å². The molecule has 76 valence electrons. The van der Waals surface area contributed by atoms with Crippen molar-refractivity contribution in [3.8, 4) is 0 Å². The third kappa shape index (κ3) is 2.69. The first-order valence-corrected chi connectivity index (χ1v) is 6.14. The van der Waals surface area contributed by atoms with Crippen molar-refractivity contribution in [2.24, 2.45) is 0 Å². The molecule has 2 heterocycles. The fourth-order valence-corrected chi connectivity index (χ4v) is 2.59. The highest BCUT2D eigenvalue weighted by Gasteiger charge is 2.08. The lowest BCUT2D eigenvalue weighted by Crippen LogP contribution is -2.31. The Hall–Kier alpha value is -0.600. The Labute approximate surface area is 89.8 Å². The summed E-state index contributed by atoms with van der Waals surface area (Å²) < 4.78 is 0. The molecule has 0 spiro atoms. The van der Waals surface area contributed by atoms with Gasteiger partial charge >= 0.3 is 0 Å². The van der Waals surface area contributed by atoms with Gasteiger partial charge in [0, 0.05) is 15.8 Å². The summed E-state index contributed by atoms with van der Waals surface area (Å²) in [5, 5.41) is 3.51.